The van der Waals surface area contributed by atoms with Crippen LogP contribution < -0.4 is 4.74 Å². The Morgan fingerprint density at radius 2 is 1.10 bits per heavy atom. The summed E-state index contributed by atoms with van der Waals surface area (Å²) in [5, 5.41) is 0. The van der Waals surface area contributed by atoms with E-state index in [0.717, 1.165) is 37.7 Å². The van der Waals surface area contributed by atoms with Gasteiger partial charge in [0.1, 0.15) is 5.75 Å². The summed E-state index contributed by atoms with van der Waals surface area (Å²) in [4.78, 5) is 8.64. The molecule has 280 valence electrons. The third-order valence-electron chi connectivity index (χ3n) is 6.76. The Balaban J connectivity index is 1.85. The Morgan fingerprint density at radius 3 is 1.65 bits per heavy atom. The molecule has 0 saturated carbocycles. The van der Waals surface area contributed by atoms with E-state index in [-0.39, 0.29) is 18.8 Å². The molecule has 0 aliphatic heterocycles. The van der Waals surface area contributed by atoms with Crippen LogP contribution in [-0.4, -0.2) is 59.0 Å². The van der Waals surface area contributed by atoms with Crippen molar-refractivity contribution in [3.05, 3.63) is 42.2 Å². The number of benzene rings is 1. The highest BCUT2D eigenvalue weighted by atomic mass is 19.4. The van der Waals surface area contributed by atoms with Gasteiger partial charge in [-0.15, -0.1) is 0 Å². The SMILES string of the molecule is CCCCCCCCc1cnc(-c2ccc(OCCCCC(F)(F)OC(F)(F)C(F)(F)OC(F)(F)C(F)(F)C(F)(F)C(F)(F)F)cc2)nc1. The van der Waals surface area contributed by atoms with Gasteiger partial charge in [0, 0.05) is 24.4 Å². The van der Waals surface area contributed by atoms with Crippen LogP contribution >= 0.6 is 0 Å². The minimum atomic E-state index is -7.90. The molecule has 0 spiro atoms. The van der Waals surface area contributed by atoms with E-state index in [1.807, 2.05) is 0 Å². The second-order valence-corrected chi connectivity index (χ2v) is 10.8. The maximum Gasteiger partial charge on any atom is 0.460 e. The van der Waals surface area contributed by atoms with E-state index < -0.39 is 55.3 Å². The first-order valence-electron chi connectivity index (χ1n) is 14.7. The molecule has 0 amide bonds. The Morgan fingerprint density at radius 1 is 0.571 bits per heavy atom. The van der Waals surface area contributed by atoms with Crippen LogP contribution in [0.5, 0.6) is 5.75 Å². The van der Waals surface area contributed by atoms with Gasteiger partial charge in [0.2, 0.25) is 0 Å². The summed E-state index contributed by atoms with van der Waals surface area (Å²) < 4.78 is 206. The summed E-state index contributed by atoms with van der Waals surface area (Å²) in [6.07, 6.45) is -26.6. The van der Waals surface area contributed by atoms with E-state index in [9.17, 15) is 65.9 Å². The number of hydrogen-bond donors (Lipinski definition) is 0. The number of aromatic nitrogens is 2. The normalized spacial score (nSPS) is 14.0. The monoisotopic (exact) mass is 740 g/mol. The van der Waals surface area contributed by atoms with Crippen molar-refractivity contribution in [3.63, 3.8) is 0 Å². The predicted molar refractivity (Wildman–Crippen MR) is 142 cm³/mol. The van der Waals surface area contributed by atoms with E-state index in [4.69, 9.17) is 4.74 Å². The minimum absolute atomic E-state index is 0.212. The lowest BCUT2D eigenvalue weighted by molar-refractivity contribution is -0.542. The molecule has 49 heavy (non-hydrogen) atoms. The number of ether oxygens (including phenoxy) is 3. The van der Waals surface area contributed by atoms with Crippen molar-refractivity contribution in [2.45, 2.75) is 114 Å². The largest absolute Gasteiger partial charge is 0.494 e. The van der Waals surface area contributed by atoms with Crippen LogP contribution in [0.2, 0.25) is 0 Å². The first-order chi connectivity index (χ1) is 22.4. The molecule has 0 radical (unpaired) electrons. The maximum absolute atomic E-state index is 13.8. The van der Waals surface area contributed by atoms with Crippen molar-refractivity contribution in [2.24, 2.45) is 0 Å². The smallest absolute Gasteiger partial charge is 0.460 e. The highest BCUT2D eigenvalue weighted by Crippen LogP contribution is 2.56. The molecular weight excluding hydrogens is 709 g/mol. The van der Waals surface area contributed by atoms with Crippen molar-refractivity contribution in [2.75, 3.05) is 6.61 Å². The third-order valence-corrected chi connectivity index (χ3v) is 6.76. The van der Waals surface area contributed by atoms with E-state index in [2.05, 4.69) is 21.6 Å². The van der Waals surface area contributed by atoms with E-state index >= 15 is 0 Å². The molecule has 0 saturated heterocycles. The number of alkyl halides is 15. The highest BCUT2D eigenvalue weighted by molar-refractivity contribution is 5.55. The molecule has 0 N–H and O–H groups in total. The zero-order valence-electron chi connectivity index (χ0n) is 25.5. The van der Waals surface area contributed by atoms with Crippen LogP contribution in [0.3, 0.4) is 0 Å². The molecule has 1 heterocycles. The molecule has 2 rings (SSSR count). The van der Waals surface area contributed by atoms with Gasteiger partial charge in [0.05, 0.1) is 6.61 Å². The number of nitrogens with zero attached hydrogens (tertiary/aromatic N) is 2. The first kappa shape index (κ1) is 42.1. The molecule has 0 aliphatic carbocycles. The van der Waals surface area contributed by atoms with Gasteiger partial charge < -0.3 is 4.74 Å². The van der Waals surface area contributed by atoms with Gasteiger partial charge in [-0.1, -0.05) is 39.0 Å². The standard InChI is InChI=1S/C29H31F15N2O3/c1-2-3-4-5-6-7-10-19-17-45-22(46-18-19)20-11-13-21(14-12-20)47-16-9-8-15-23(30,31)48-28(41,42)29(43,44)49-27(39,40)25(34,35)24(32,33)26(36,37)38/h11-14,17-18H,2-10,15-16H2,1H3. The van der Waals surface area contributed by atoms with Crippen molar-refractivity contribution in [1.29, 1.82) is 0 Å². The van der Waals surface area contributed by atoms with Gasteiger partial charge >= 0.3 is 42.5 Å². The number of halogens is 15. The first-order valence-corrected chi connectivity index (χ1v) is 14.7. The zero-order valence-corrected chi connectivity index (χ0v) is 25.5. The van der Waals surface area contributed by atoms with E-state index in [0.29, 0.717) is 11.4 Å². The Labute approximate surface area is 270 Å². The molecule has 2 aromatic rings. The zero-order chi connectivity index (χ0) is 37.4. The lowest BCUT2D eigenvalue weighted by Gasteiger charge is -2.36. The van der Waals surface area contributed by atoms with Gasteiger partial charge in [-0.3, -0.25) is 0 Å². The van der Waals surface area contributed by atoms with Gasteiger partial charge in [0.25, 0.3) is 0 Å². The highest BCUT2D eigenvalue weighted by Gasteiger charge is 2.85. The molecule has 1 aromatic heterocycles. The minimum Gasteiger partial charge on any atom is -0.494 e. The predicted octanol–water partition coefficient (Wildman–Crippen LogP) is 10.8. The van der Waals surface area contributed by atoms with Gasteiger partial charge in [0.15, 0.2) is 5.82 Å². The van der Waals surface area contributed by atoms with E-state index in [1.165, 1.54) is 25.0 Å². The Bertz CT molecular complexity index is 1290. The lowest BCUT2D eigenvalue weighted by Crippen LogP contribution is -2.64. The fourth-order valence-electron chi connectivity index (χ4n) is 4.01. The average Bonchev–Trinajstić information content (AvgIpc) is 2.97. The fraction of sp³-hybridized carbons (Fsp3) is 0.655. The lowest BCUT2D eigenvalue weighted by atomic mass is 10.1. The third kappa shape index (κ3) is 11.2. The molecule has 20 heteroatoms. The summed E-state index contributed by atoms with van der Waals surface area (Å²) in [6, 6.07) is 6.09. The fourth-order valence-corrected chi connectivity index (χ4v) is 4.01. The van der Waals surface area contributed by atoms with E-state index in [1.54, 1.807) is 29.3 Å². The second kappa shape index (κ2) is 16.3. The quantitative estimate of drug-likeness (QED) is 0.0942. The molecule has 0 unspecified atom stereocenters. The summed E-state index contributed by atoms with van der Waals surface area (Å²) in [5.74, 6) is -15.1. The van der Waals surface area contributed by atoms with Crippen LogP contribution in [0.15, 0.2) is 36.7 Å². The molecule has 0 fully saturated rings. The van der Waals surface area contributed by atoms with Crippen molar-refractivity contribution >= 4 is 0 Å². The van der Waals surface area contributed by atoms with Gasteiger partial charge in [-0.25, -0.2) is 19.4 Å². The topological polar surface area (TPSA) is 53.5 Å². The average molecular weight is 741 g/mol. The molecule has 5 nitrogen and oxygen atoms in total. The van der Waals surface area contributed by atoms with Crippen molar-refractivity contribution < 1.29 is 80.1 Å². The summed E-state index contributed by atoms with van der Waals surface area (Å²) in [7, 11) is 0. The molecular formula is C29H31F15N2O3. The summed E-state index contributed by atoms with van der Waals surface area (Å²) in [6.45, 7) is 1.79. The molecule has 0 bridgehead atoms. The van der Waals surface area contributed by atoms with Crippen LogP contribution in [-0.2, 0) is 15.9 Å². The summed E-state index contributed by atoms with van der Waals surface area (Å²) >= 11 is 0. The van der Waals surface area contributed by atoms with Crippen molar-refractivity contribution in [1.82, 2.24) is 9.97 Å². The summed E-state index contributed by atoms with van der Waals surface area (Å²) in [5.41, 5.74) is 1.58. The van der Waals surface area contributed by atoms with Crippen LogP contribution in [0, 0.1) is 0 Å². The number of rotatable bonds is 21. The Kier molecular flexibility index (Phi) is 14.0. The maximum atomic E-state index is 13.8. The molecule has 0 aliphatic rings. The number of unbranched alkanes of at least 4 members (excludes halogenated alkanes) is 6. The van der Waals surface area contributed by atoms with Crippen molar-refractivity contribution in [3.8, 4) is 17.1 Å². The van der Waals surface area contributed by atoms with Crippen LogP contribution in [0.1, 0.15) is 70.3 Å². The molecule has 1 aromatic carbocycles. The second-order valence-electron chi connectivity index (χ2n) is 10.8. The number of aryl methyl sites for hydroxylation is 1. The van der Waals surface area contributed by atoms with Crippen LogP contribution in [0.4, 0.5) is 65.9 Å². The molecule has 0 atom stereocenters. The van der Waals surface area contributed by atoms with Crippen LogP contribution in [0.25, 0.3) is 11.4 Å². The number of hydrogen-bond acceptors (Lipinski definition) is 5. The van der Waals surface area contributed by atoms with Gasteiger partial charge in [-0.05, 0) is 55.5 Å². The Hall–Kier alpha value is -3.03. The van der Waals surface area contributed by atoms with Gasteiger partial charge in [-0.2, -0.15) is 65.9 Å².